The zero-order chi connectivity index (χ0) is 17.5. The van der Waals surface area contributed by atoms with Crippen molar-refractivity contribution in [1.29, 1.82) is 0 Å². The molecule has 0 saturated carbocycles. The number of hydrogen-bond acceptors (Lipinski definition) is 2. The highest BCUT2D eigenvalue weighted by Crippen LogP contribution is 2.16. The summed E-state index contributed by atoms with van der Waals surface area (Å²) in [6, 6.07) is 15.4. The molecule has 24 heavy (non-hydrogen) atoms. The van der Waals surface area contributed by atoms with E-state index in [1.807, 2.05) is 55.5 Å². The average molecular weight is 389 g/mol. The minimum Gasteiger partial charge on any atom is -0.338 e. The zero-order valence-electron chi connectivity index (χ0n) is 13.9. The lowest BCUT2D eigenvalue weighted by Crippen LogP contribution is -2.31. The smallest absolute Gasteiger partial charge is 0.226 e. The summed E-state index contributed by atoms with van der Waals surface area (Å²) in [4.78, 5) is 25.7. The predicted octanol–water partition coefficient (Wildman–Crippen LogP) is 4.13. The van der Waals surface area contributed by atoms with Crippen molar-refractivity contribution in [3.63, 3.8) is 0 Å². The third-order valence-corrected chi connectivity index (χ3v) is 4.28. The van der Waals surface area contributed by atoms with Crippen molar-refractivity contribution >= 4 is 33.4 Å². The number of anilines is 1. The predicted molar refractivity (Wildman–Crippen MR) is 99.7 cm³/mol. The maximum absolute atomic E-state index is 12.1. The fourth-order valence-corrected chi connectivity index (χ4v) is 2.77. The van der Waals surface area contributed by atoms with Crippen LogP contribution < -0.4 is 5.32 Å². The summed E-state index contributed by atoms with van der Waals surface area (Å²) in [6.07, 6.45) is 0.262. The van der Waals surface area contributed by atoms with Gasteiger partial charge in [0.05, 0.1) is 0 Å². The van der Waals surface area contributed by atoms with Crippen molar-refractivity contribution in [3.8, 4) is 0 Å². The average Bonchev–Trinajstić information content (AvgIpc) is 2.52. The molecule has 5 heteroatoms. The molecule has 0 saturated heterocycles. The molecule has 0 spiro atoms. The van der Waals surface area contributed by atoms with Crippen molar-refractivity contribution in [1.82, 2.24) is 4.90 Å². The van der Waals surface area contributed by atoms with E-state index < -0.39 is 0 Å². The van der Waals surface area contributed by atoms with E-state index in [4.69, 9.17) is 0 Å². The molecule has 2 rings (SSSR count). The molecule has 2 amide bonds. The third-order valence-electron chi connectivity index (χ3n) is 3.78. The second kappa shape index (κ2) is 8.64. The lowest BCUT2D eigenvalue weighted by Gasteiger charge is -2.22. The Kier molecular flexibility index (Phi) is 6.55. The minimum atomic E-state index is -0.107. The zero-order valence-corrected chi connectivity index (χ0v) is 15.5. The van der Waals surface area contributed by atoms with E-state index >= 15 is 0 Å². The van der Waals surface area contributed by atoms with Gasteiger partial charge in [0.1, 0.15) is 0 Å². The topological polar surface area (TPSA) is 49.4 Å². The van der Waals surface area contributed by atoms with Crippen molar-refractivity contribution < 1.29 is 9.59 Å². The first-order valence-electron chi connectivity index (χ1n) is 7.81. The summed E-state index contributed by atoms with van der Waals surface area (Å²) in [7, 11) is 0. The van der Waals surface area contributed by atoms with Crippen LogP contribution in [0.15, 0.2) is 53.0 Å². The van der Waals surface area contributed by atoms with Gasteiger partial charge in [-0.05, 0) is 36.2 Å². The molecule has 0 aliphatic carbocycles. The fourth-order valence-electron chi connectivity index (χ4n) is 2.37. The first-order chi connectivity index (χ1) is 11.5. The summed E-state index contributed by atoms with van der Waals surface area (Å²) >= 11 is 3.37. The maximum atomic E-state index is 12.1. The van der Waals surface area contributed by atoms with Crippen molar-refractivity contribution in [2.24, 2.45) is 0 Å². The monoisotopic (exact) mass is 388 g/mol. The number of benzene rings is 2. The van der Waals surface area contributed by atoms with Gasteiger partial charge in [0.15, 0.2) is 0 Å². The van der Waals surface area contributed by atoms with Crippen LogP contribution in [0.5, 0.6) is 0 Å². The van der Waals surface area contributed by atoms with Crippen LogP contribution in [0.1, 0.15) is 24.5 Å². The van der Waals surface area contributed by atoms with Gasteiger partial charge in [0.25, 0.3) is 0 Å². The summed E-state index contributed by atoms with van der Waals surface area (Å²) < 4.78 is 0.908. The Morgan fingerprint density at radius 2 is 1.88 bits per heavy atom. The highest BCUT2D eigenvalue weighted by atomic mass is 79.9. The van der Waals surface area contributed by atoms with Crippen LogP contribution in [0.3, 0.4) is 0 Å². The van der Waals surface area contributed by atoms with Gasteiger partial charge in [0.2, 0.25) is 11.8 Å². The summed E-state index contributed by atoms with van der Waals surface area (Å²) in [6.45, 7) is 4.47. The molecular formula is C19H21BrN2O2. The van der Waals surface area contributed by atoms with E-state index in [2.05, 4.69) is 21.2 Å². The molecule has 0 fully saturated rings. The molecular weight excluding hydrogens is 368 g/mol. The van der Waals surface area contributed by atoms with E-state index in [1.165, 1.54) is 6.92 Å². The van der Waals surface area contributed by atoms with Gasteiger partial charge in [-0.15, -0.1) is 0 Å². The van der Waals surface area contributed by atoms with E-state index in [9.17, 15) is 9.59 Å². The van der Waals surface area contributed by atoms with Crippen molar-refractivity contribution in [2.75, 3.05) is 11.9 Å². The van der Waals surface area contributed by atoms with Crippen LogP contribution in [-0.2, 0) is 16.1 Å². The van der Waals surface area contributed by atoms with Gasteiger partial charge in [-0.1, -0.05) is 46.3 Å². The van der Waals surface area contributed by atoms with Crippen LogP contribution >= 0.6 is 15.9 Å². The maximum Gasteiger partial charge on any atom is 0.226 e. The Morgan fingerprint density at radius 3 is 2.54 bits per heavy atom. The van der Waals surface area contributed by atoms with Crippen LogP contribution in [0, 0.1) is 6.92 Å². The molecule has 0 bridgehead atoms. The molecule has 0 radical (unpaired) electrons. The molecule has 1 N–H and O–H groups in total. The van der Waals surface area contributed by atoms with Gasteiger partial charge in [0, 0.05) is 36.6 Å². The first-order valence-corrected chi connectivity index (χ1v) is 8.60. The quantitative estimate of drug-likeness (QED) is 0.808. The molecule has 0 aliphatic rings. The molecule has 2 aromatic carbocycles. The number of carbonyl (C=O) groups excluding carboxylic acids is 2. The number of carbonyl (C=O) groups is 2. The van der Waals surface area contributed by atoms with Crippen LogP contribution in [-0.4, -0.2) is 23.3 Å². The number of nitrogens with one attached hydrogen (secondary N) is 1. The van der Waals surface area contributed by atoms with Gasteiger partial charge in [-0.3, -0.25) is 9.59 Å². The molecule has 0 aliphatic heterocycles. The molecule has 4 nitrogen and oxygen atoms in total. The lowest BCUT2D eigenvalue weighted by molar-refractivity contribution is -0.129. The molecule has 0 atom stereocenters. The van der Waals surface area contributed by atoms with Gasteiger partial charge < -0.3 is 10.2 Å². The molecule has 0 unspecified atom stereocenters. The minimum absolute atomic E-state index is 0.0338. The standard InChI is InChI=1S/C19H21BrN2O2/c1-14-6-3-4-7-16(14)13-22(15(2)23)11-10-19(24)21-18-9-5-8-17(20)12-18/h3-9,12H,10-11,13H2,1-2H3,(H,21,24). The third kappa shape index (κ3) is 5.49. The van der Waals surface area contributed by atoms with Crippen LogP contribution in [0.2, 0.25) is 0 Å². The Hall–Kier alpha value is -2.14. The number of rotatable bonds is 6. The van der Waals surface area contributed by atoms with E-state index in [1.54, 1.807) is 4.90 Å². The van der Waals surface area contributed by atoms with Gasteiger partial charge in [-0.2, -0.15) is 0 Å². The highest BCUT2D eigenvalue weighted by molar-refractivity contribution is 9.10. The van der Waals surface area contributed by atoms with Gasteiger partial charge >= 0.3 is 0 Å². The number of nitrogens with zero attached hydrogens (tertiary/aromatic N) is 1. The number of hydrogen-bond donors (Lipinski definition) is 1. The second-order valence-corrected chi connectivity index (χ2v) is 6.59. The van der Waals surface area contributed by atoms with Crippen LogP contribution in [0.25, 0.3) is 0 Å². The lowest BCUT2D eigenvalue weighted by atomic mass is 10.1. The normalized spacial score (nSPS) is 10.3. The number of amides is 2. The molecule has 126 valence electrons. The molecule has 2 aromatic rings. The number of aryl methyl sites for hydroxylation is 1. The Morgan fingerprint density at radius 1 is 1.12 bits per heavy atom. The van der Waals surface area contributed by atoms with E-state index in [-0.39, 0.29) is 18.2 Å². The fraction of sp³-hybridized carbons (Fsp3) is 0.263. The Balaban J connectivity index is 1.92. The number of halogens is 1. The second-order valence-electron chi connectivity index (χ2n) is 5.68. The SMILES string of the molecule is CC(=O)N(CCC(=O)Nc1cccc(Br)c1)Cc1ccccc1C. The van der Waals surface area contributed by atoms with Crippen molar-refractivity contribution in [2.45, 2.75) is 26.8 Å². The highest BCUT2D eigenvalue weighted by Gasteiger charge is 2.13. The first kappa shape index (κ1) is 18.2. The Bertz CT molecular complexity index is 731. The molecule has 0 heterocycles. The van der Waals surface area contributed by atoms with Gasteiger partial charge in [-0.25, -0.2) is 0 Å². The van der Waals surface area contributed by atoms with Crippen LogP contribution in [0.4, 0.5) is 5.69 Å². The largest absolute Gasteiger partial charge is 0.338 e. The van der Waals surface area contributed by atoms with E-state index in [0.717, 1.165) is 21.3 Å². The summed E-state index contributed by atoms with van der Waals surface area (Å²) in [5.74, 6) is -0.141. The molecule has 0 aromatic heterocycles. The summed E-state index contributed by atoms with van der Waals surface area (Å²) in [5, 5.41) is 2.85. The van der Waals surface area contributed by atoms with Crippen molar-refractivity contribution in [3.05, 3.63) is 64.1 Å². The summed E-state index contributed by atoms with van der Waals surface area (Å²) in [5.41, 5.74) is 2.98. The van der Waals surface area contributed by atoms with E-state index in [0.29, 0.717) is 13.1 Å². The Labute approximate surface area is 151 Å².